The van der Waals surface area contributed by atoms with Crippen molar-refractivity contribution in [3.05, 3.63) is 170 Å². The number of aromatic nitrogens is 1. The minimum Gasteiger partial charge on any atom is -0.456 e. The van der Waals surface area contributed by atoms with Gasteiger partial charge in [-0.15, -0.1) is 11.3 Å². The first-order valence-electron chi connectivity index (χ1n) is 16.4. The summed E-state index contributed by atoms with van der Waals surface area (Å²) in [6, 6.07) is 58.4. The summed E-state index contributed by atoms with van der Waals surface area (Å²) in [6.45, 7) is 0. The van der Waals surface area contributed by atoms with Gasteiger partial charge in [0.05, 0.1) is 5.52 Å². The van der Waals surface area contributed by atoms with E-state index in [0.717, 1.165) is 44.5 Å². The molecule has 10 rings (SSSR count). The van der Waals surface area contributed by atoms with Crippen LogP contribution in [0.3, 0.4) is 0 Å². The Morgan fingerprint density at radius 2 is 1.08 bits per heavy atom. The molecule has 0 saturated heterocycles. The Kier molecular flexibility index (Phi) is 6.36. The SMILES string of the molecule is c1ccc(-c2ccc(N(c3ccc(-c4ccc5sc6cc7ncccc7cc6c5c4)cc3)c3ccc4c(c3)oc3ccccc34)cc2)cc1. The lowest BCUT2D eigenvalue weighted by Gasteiger charge is -2.26. The fourth-order valence-electron chi connectivity index (χ4n) is 7.06. The van der Waals surface area contributed by atoms with E-state index in [2.05, 4.69) is 155 Å². The summed E-state index contributed by atoms with van der Waals surface area (Å²) in [4.78, 5) is 6.88. The summed E-state index contributed by atoms with van der Waals surface area (Å²) < 4.78 is 8.88. The molecule has 0 aliphatic rings. The van der Waals surface area contributed by atoms with Crippen LogP contribution in [0.1, 0.15) is 0 Å². The molecule has 4 heteroatoms. The number of nitrogens with zero attached hydrogens (tertiary/aromatic N) is 2. The number of thiophene rings is 1. The number of para-hydroxylation sites is 1. The predicted octanol–water partition coefficient (Wildman–Crippen LogP) is 13.3. The topological polar surface area (TPSA) is 29.3 Å². The molecule has 0 aliphatic carbocycles. The number of anilines is 3. The van der Waals surface area contributed by atoms with E-state index >= 15 is 0 Å². The minimum absolute atomic E-state index is 0.876. The molecule has 0 atom stereocenters. The Morgan fingerprint density at radius 1 is 0.429 bits per heavy atom. The second kappa shape index (κ2) is 11.2. The highest BCUT2D eigenvalue weighted by atomic mass is 32.1. The summed E-state index contributed by atoms with van der Waals surface area (Å²) in [5.41, 5.74) is 10.8. The van der Waals surface area contributed by atoms with Crippen LogP contribution in [-0.4, -0.2) is 4.98 Å². The lowest BCUT2D eigenvalue weighted by molar-refractivity contribution is 0.669. The summed E-state index contributed by atoms with van der Waals surface area (Å²) >= 11 is 1.83. The van der Waals surface area contributed by atoms with Gasteiger partial charge >= 0.3 is 0 Å². The van der Waals surface area contributed by atoms with Crippen LogP contribution in [0.15, 0.2) is 174 Å². The third kappa shape index (κ3) is 4.76. The molecule has 230 valence electrons. The molecule has 7 aromatic carbocycles. The Morgan fingerprint density at radius 3 is 1.90 bits per heavy atom. The minimum atomic E-state index is 0.876. The highest BCUT2D eigenvalue weighted by Crippen LogP contribution is 2.41. The van der Waals surface area contributed by atoms with E-state index in [9.17, 15) is 0 Å². The Balaban J connectivity index is 1.06. The molecule has 3 aromatic heterocycles. The van der Waals surface area contributed by atoms with Gasteiger partial charge in [0.1, 0.15) is 11.2 Å². The lowest BCUT2D eigenvalue weighted by atomic mass is 10.0. The molecule has 3 heterocycles. The van der Waals surface area contributed by atoms with E-state index < -0.39 is 0 Å². The highest BCUT2D eigenvalue weighted by Gasteiger charge is 2.16. The monoisotopic (exact) mass is 644 g/mol. The number of benzene rings is 7. The van der Waals surface area contributed by atoms with Crippen LogP contribution < -0.4 is 4.90 Å². The number of hydrogen-bond donors (Lipinski definition) is 0. The maximum atomic E-state index is 6.32. The average molecular weight is 645 g/mol. The van der Waals surface area contributed by atoms with Crippen molar-refractivity contribution >= 4 is 81.4 Å². The van der Waals surface area contributed by atoms with Crippen LogP contribution in [0.5, 0.6) is 0 Å². The molecular weight excluding hydrogens is 617 g/mol. The quantitative estimate of drug-likeness (QED) is 0.187. The van der Waals surface area contributed by atoms with Gasteiger partial charge < -0.3 is 9.32 Å². The molecule has 0 aliphatic heterocycles. The van der Waals surface area contributed by atoms with Gasteiger partial charge in [-0.3, -0.25) is 4.98 Å². The average Bonchev–Trinajstić information content (AvgIpc) is 3.72. The largest absolute Gasteiger partial charge is 0.456 e. The van der Waals surface area contributed by atoms with Gasteiger partial charge in [-0.25, -0.2) is 0 Å². The van der Waals surface area contributed by atoms with E-state index in [1.807, 2.05) is 35.7 Å². The molecule has 3 nitrogen and oxygen atoms in total. The van der Waals surface area contributed by atoms with Crippen LogP contribution in [0, 0.1) is 0 Å². The second-order valence-electron chi connectivity index (χ2n) is 12.4. The Labute approximate surface area is 286 Å². The predicted molar refractivity (Wildman–Crippen MR) is 207 cm³/mol. The first kappa shape index (κ1) is 27.8. The summed E-state index contributed by atoms with van der Waals surface area (Å²) in [6.07, 6.45) is 1.86. The molecule has 0 bridgehead atoms. The van der Waals surface area contributed by atoms with Gasteiger partial charge in [-0.1, -0.05) is 84.9 Å². The number of furan rings is 1. The van der Waals surface area contributed by atoms with Crippen LogP contribution in [0.2, 0.25) is 0 Å². The summed E-state index contributed by atoms with van der Waals surface area (Å²) in [7, 11) is 0. The van der Waals surface area contributed by atoms with Crippen molar-refractivity contribution < 1.29 is 4.42 Å². The standard InChI is InChI=1S/C45H28N2OS/c1-2-7-29(8-3-1)30-12-17-34(18-13-30)47(36-21-22-38-37-10-4-5-11-42(37)48-43(38)27-36)35-19-14-31(15-20-35)32-16-23-44-39(25-32)40-26-33-9-6-24-46-41(33)28-45(40)49-44/h1-28H. The zero-order valence-electron chi connectivity index (χ0n) is 26.4. The van der Waals surface area contributed by atoms with Crippen LogP contribution in [0.25, 0.3) is 75.3 Å². The normalized spacial score (nSPS) is 11.7. The van der Waals surface area contributed by atoms with Crippen molar-refractivity contribution in [1.29, 1.82) is 0 Å². The fourth-order valence-corrected chi connectivity index (χ4v) is 8.16. The van der Waals surface area contributed by atoms with Crippen LogP contribution in [0.4, 0.5) is 17.1 Å². The first-order chi connectivity index (χ1) is 24.2. The summed E-state index contributed by atoms with van der Waals surface area (Å²) in [5, 5.41) is 5.99. The number of pyridine rings is 1. The first-order valence-corrected chi connectivity index (χ1v) is 17.3. The fraction of sp³-hybridized carbons (Fsp3) is 0. The van der Waals surface area contributed by atoms with Crippen molar-refractivity contribution in [2.24, 2.45) is 0 Å². The highest BCUT2D eigenvalue weighted by molar-refractivity contribution is 7.25. The van der Waals surface area contributed by atoms with E-state index in [4.69, 9.17) is 4.42 Å². The van der Waals surface area contributed by atoms with E-state index in [1.165, 1.54) is 47.8 Å². The second-order valence-corrected chi connectivity index (χ2v) is 13.5. The third-order valence-corrected chi connectivity index (χ3v) is 10.6. The van der Waals surface area contributed by atoms with E-state index in [0.29, 0.717) is 0 Å². The molecule has 0 N–H and O–H groups in total. The van der Waals surface area contributed by atoms with Gasteiger partial charge in [0, 0.05) is 65.7 Å². The molecule has 0 fully saturated rings. The van der Waals surface area contributed by atoms with Crippen molar-refractivity contribution in [3.63, 3.8) is 0 Å². The molecular formula is C45H28N2OS. The van der Waals surface area contributed by atoms with E-state index in [-0.39, 0.29) is 0 Å². The van der Waals surface area contributed by atoms with Crippen molar-refractivity contribution in [2.45, 2.75) is 0 Å². The van der Waals surface area contributed by atoms with Crippen LogP contribution in [-0.2, 0) is 0 Å². The van der Waals surface area contributed by atoms with Crippen molar-refractivity contribution in [3.8, 4) is 22.3 Å². The summed E-state index contributed by atoms with van der Waals surface area (Å²) in [5.74, 6) is 0. The molecule has 10 aromatic rings. The van der Waals surface area contributed by atoms with Gasteiger partial charge in [0.2, 0.25) is 0 Å². The molecule has 49 heavy (non-hydrogen) atoms. The van der Waals surface area contributed by atoms with Gasteiger partial charge in [-0.2, -0.15) is 0 Å². The van der Waals surface area contributed by atoms with Crippen molar-refractivity contribution in [1.82, 2.24) is 4.98 Å². The molecule has 0 saturated carbocycles. The van der Waals surface area contributed by atoms with E-state index in [1.54, 1.807) is 0 Å². The molecule has 0 spiro atoms. The zero-order chi connectivity index (χ0) is 32.3. The third-order valence-electron chi connectivity index (χ3n) is 9.51. The zero-order valence-corrected chi connectivity index (χ0v) is 27.2. The molecule has 0 amide bonds. The van der Waals surface area contributed by atoms with Gasteiger partial charge in [0.15, 0.2) is 0 Å². The smallest absolute Gasteiger partial charge is 0.137 e. The van der Waals surface area contributed by atoms with Gasteiger partial charge in [0.25, 0.3) is 0 Å². The lowest BCUT2D eigenvalue weighted by Crippen LogP contribution is -2.09. The number of hydrogen-bond acceptors (Lipinski definition) is 4. The Bertz CT molecular complexity index is 2810. The maximum Gasteiger partial charge on any atom is 0.137 e. The van der Waals surface area contributed by atoms with Crippen molar-refractivity contribution in [2.75, 3.05) is 4.90 Å². The van der Waals surface area contributed by atoms with Gasteiger partial charge in [-0.05, 0) is 95.1 Å². The van der Waals surface area contributed by atoms with Crippen LogP contribution >= 0.6 is 11.3 Å². The molecule has 0 unspecified atom stereocenters. The number of fused-ring (bicyclic) bond motifs is 7. The maximum absolute atomic E-state index is 6.32. The Hall–Kier alpha value is -6.23. The number of rotatable bonds is 5. The molecule has 0 radical (unpaired) electrons.